The van der Waals surface area contributed by atoms with E-state index in [9.17, 15) is 9.59 Å². The Morgan fingerprint density at radius 3 is 2.31 bits per heavy atom. The lowest BCUT2D eigenvalue weighted by Crippen LogP contribution is -2.35. The average Bonchev–Trinajstić information content (AvgIpc) is 2.17. The van der Waals surface area contributed by atoms with E-state index < -0.39 is 5.60 Å². The van der Waals surface area contributed by atoms with Crippen LogP contribution < -0.4 is 0 Å². The minimum absolute atomic E-state index is 0.303. The molecule has 3 nitrogen and oxygen atoms in total. The Balaban J connectivity index is 4.37. The van der Waals surface area contributed by atoms with Gasteiger partial charge >= 0.3 is 5.97 Å². The molecule has 1 unspecified atom stereocenters. The summed E-state index contributed by atoms with van der Waals surface area (Å²) in [6.07, 6.45) is 3.07. The van der Waals surface area contributed by atoms with Crippen LogP contribution in [-0.2, 0) is 14.3 Å². The van der Waals surface area contributed by atoms with Gasteiger partial charge in [-0.3, -0.25) is 9.59 Å². The highest BCUT2D eigenvalue weighted by Gasteiger charge is 2.30. The van der Waals surface area contributed by atoms with Crippen LogP contribution in [0.1, 0.15) is 46.5 Å². The molecule has 0 saturated heterocycles. The molecule has 0 aromatic carbocycles. The van der Waals surface area contributed by atoms with E-state index in [1.807, 2.05) is 13.8 Å². The second-order valence-corrected chi connectivity index (χ2v) is 3.11. The molecule has 0 aromatic heterocycles. The second kappa shape index (κ2) is 5.73. The first-order valence-corrected chi connectivity index (χ1v) is 4.82. The van der Waals surface area contributed by atoms with Crippen molar-refractivity contribution in [3.63, 3.8) is 0 Å². The van der Waals surface area contributed by atoms with Gasteiger partial charge in [0.25, 0.3) is 0 Å². The number of rotatable bonds is 6. The molecule has 0 amide bonds. The molecule has 76 valence electrons. The van der Waals surface area contributed by atoms with E-state index in [-0.39, 0.29) is 5.97 Å². The minimum atomic E-state index is -0.873. The quantitative estimate of drug-likeness (QED) is 0.471. The maximum atomic E-state index is 11.0. The van der Waals surface area contributed by atoms with Crippen molar-refractivity contribution in [1.82, 2.24) is 0 Å². The molecule has 1 atom stereocenters. The fourth-order valence-electron chi connectivity index (χ4n) is 1.19. The Morgan fingerprint density at radius 1 is 1.38 bits per heavy atom. The molecular weight excluding hydrogens is 168 g/mol. The topological polar surface area (TPSA) is 43.4 Å². The van der Waals surface area contributed by atoms with E-state index in [0.29, 0.717) is 19.3 Å². The Bertz CT molecular complexity index is 177. The van der Waals surface area contributed by atoms with Crippen LogP contribution in [0.2, 0.25) is 0 Å². The van der Waals surface area contributed by atoms with Crippen molar-refractivity contribution >= 4 is 12.3 Å². The molecular formula is C10H18O3. The fraction of sp³-hybridized carbons (Fsp3) is 0.800. The van der Waals surface area contributed by atoms with Gasteiger partial charge in [-0.15, -0.1) is 0 Å². The number of esters is 1. The predicted molar refractivity (Wildman–Crippen MR) is 50.4 cm³/mol. The Kier molecular flexibility index (Phi) is 5.35. The summed E-state index contributed by atoms with van der Waals surface area (Å²) in [6, 6.07) is 0. The lowest BCUT2D eigenvalue weighted by atomic mass is 9.96. The van der Waals surface area contributed by atoms with Crippen molar-refractivity contribution in [1.29, 1.82) is 0 Å². The molecule has 0 aliphatic heterocycles. The molecule has 3 heteroatoms. The highest BCUT2D eigenvalue weighted by molar-refractivity contribution is 5.74. The molecule has 0 aliphatic carbocycles. The van der Waals surface area contributed by atoms with Crippen LogP contribution in [0.25, 0.3) is 0 Å². The number of ether oxygens (including phenoxy) is 1. The first kappa shape index (κ1) is 12.1. The predicted octanol–water partition coefficient (Wildman–Crippen LogP) is 2.09. The summed E-state index contributed by atoms with van der Waals surface area (Å²) >= 11 is 0. The summed E-state index contributed by atoms with van der Waals surface area (Å²) in [5, 5.41) is 0. The lowest BCUT2D eigenvalue weighted by Gasteiger charge is -2.25. The molecule has 0 aliphatic rings. The Morgan fingerprint density at radius 2 is 2.00 bits per heavy atom. The third kappa shape index (κ3) is 3.57. The molecule has 0 saturated carbocycles. The molecule has 0 aromatic rings. The maximum Gasteiger partial charge on any atom is 0.306 e. The van der Waals surface area contributed by atoms with Crippen molar-refractivity contribution in [2.75, 3.05) is 0 Å². The van der Waals surface area contributed by atoms with Gasteiger partial charge in [0.05, 0.1) is 0 Å². The van der Waals surface area contributed by atoms with Crippen LogP contribution >= 0.6 is 0 Å². The van der Waals surface area contributed by atoms with Crippen LogP contribution in [0.15, 0.2) is 0 Å². The lowest BCUT2D eigenvalue weighted by molar-refractivity contribution is -0.163. The van der Waals surface area contributed by atoms with Crippen LogP contribution in [0.3, 0.4) is 0 Å². The van der Waals surface area contributed by atoms with Gasteiger partial charge in [0, 0.05) is 6.42 Å². The van der Waals surface area contributed by atoms with E-state index in [1.165, 1.54) is 0 Å². The Labute approximate surface area is 79.5 Å². The van der Waals surface area contributed by atoms with Crippen LogP contribution in [0, 0.1) is 0 Å². The van der Waals surface area contributed by atoms with Crippen molar-refractivity contribution in [3.8, 4) is 0 Å². The first-order chi connectivity index (χ1) is 6.14. The standard InChI is InChI=1S/C10H18O3/c1-4-7-10(6-3,8-11)13-9(12)5-2/h8H,4-7H2,1-3H3. The van der Waals surface area contributed by atoms with Crippen LogP contribution in [-0.4, -0.2) is 17.9 Å². The monoisotopic (exact) mass is 186 g/mol. The molecule has 0 spiro atoms. The number of aldehydes is 1. The van der Waals surface area contributed by atoms with Gasteiger partial charge < -0.3 is 4.74 Å². The highest BCUT2D eigenvalue weighted by Crippen LogP contribution is 2.20. The van der Waals surface area contributed by atoms with Crippen molar-refractivity contribution in [3.05, 3.63) is 0 Å². The number of hydrogen-bond acceptors (Lipinski definition) is 3. The van der Waals surface area contributed by atoms with E-state index in [2.05, 4.69) is 0 Å². The van der Waals surface area contributed by atoms with Gasteiger partial charge in [-0.1, -0.05) is 27.2 Å². The van der Waals surface area contributed by atoms with Crippen molar-refractivity contribution in [2.45, 2.75) is 52.1 Å². The van der Waals surface area contributed by atoms with E-state index in [0.717, 1.165) is 12.7 Å². The molecule has 0 heterocycles. The summed E-state index contributed by atoms with van der Waals surface area (Å²) in [4.78, 5) is 21.9. The summed E-state index contributed by atoms with van der Waals surface area (Å²) in [5.74, 6) is -0.303. The molecule has 13 heavy (non-hydrogen) atoms. The Hall–Kier alpha value is -0.860. The SMILES string of the molecule is CCCC(C=O)(CC)OC(=O)CC. The van der Waals surface area contributed by atoms with Crippen molar-refractivity contribution in [2.24, 2.45) is 0 Å². The zero-order valence-corrected chi connectivity index (χ0v) is 8.63. The normalized spacial score (nSPS) is 14.7. The number of carbonyl (C=O) groups is 2. The van der Waals surface area contributed by atoms with E-state index in [1.54, 1.807) is 6.92 Å². The van der Waals surface area contributed by atoms with Gasteiger partial charge in [-0.2, -0.15) is 0 Å². The van der Waals surface area contributed by atoms with Crippen molar-refractivity contribution < 1.29 is 14.3 Å². The summed E-state index contributed by atoms with van der Waals surface area (Å²) in [7, 11) is 0. The number of carbonyl (C=O) groups excluding carboxylic acids is 2. The molecule has 0 radical (unpaired) electrons. The zero-order valence-electron chi connectivity index (χ0n) is 8.63. The molecule has 0 fully saturated rings. The fourth-order valence-corrected chi connectivity index (χ4v) is 1.19. The zero-order chi connectivity index (χ0) is 10.3. The van der Waals surface area contributed by atoms with Gasteiger partial charge in [0.2, 0.25) is 0 Å². The van der Waals surface area contributed by atoms with Gasteiger partial charge in [0.15, 0.2) is 11.9 Å². The van der Waals surface area contributed by atoms with Crippen LogP contribution in [0.4, 0.5) is 0 Å². The molecule has 0 bridgehead atoms. The van der Waals surface area contributed by atoms with E-state index >= 15 is 0 Å². The molecule has 0 rings (SSSR count). The minimum Gasteiger partial charge on any atom is -0.451 e. The maximum absolute atomic E-state index is 11.0. The van der Waals surface area contributed by atoms with Gasteiger partial charge in [-0.05, 0) is 12.8 Å². The van der Waals surface area contributed by atoms with Crippen LogP contribution in [0.5, 0.6) is 0 Å². The smallest absolute Gasteiger partial charge is 0.306 e. The highest BCUT2D eigenvalue weighted by atomic mass is 16.6. The summed E-state index contributed by atoms with van der Waals surface area (Å²) in [5.41, 5.74) is -0.873. The third-order valence-corrected chi connectivity index (χ3v) is 2.09. The number of hydrogen-bond donors (Lipinski definition) is 0. The average molecular weight is 186 g/mol. The van der Waals surface area contributed by atoms with E-state index in [4.69, 9.17) is 4.74 Å². The third-order valence-electron chi connectivity index (χ3n) is 2.09. The summed E-state index contributed by atoms with van der Waals surface area (Å²) in [6.45, 7) is 5.54. The second-order valence-electron chi connectivity index (χ2n) is 3.11. The largest absolute Gasteiger partial charge is 0.451 e. The first-order valence-electron chi connectivity index (χ1n) is 4.82. The van der Waals surface area contributed by atoms with Gasteiger partial charge in [0.1, 0.15) is 0 Å². The molecule has 0 N–H and O–H groups in total. The van der Waals surface area contributed by atoms with Gasteiger partial charge in [-0.25, -0.2) is 0 Å². The summed E-state index contributed by atoms with van der Waals surface area (Å²) < 4.78 is 5.12.